The number of phenols is 2. The monoisotopic (exact) mass is 577 g/mol. The number of azo groups is 1. The molecule has 0 fully saturated rings. The first-order chi connectivity index (χ1) is 19.8. The van der Waals surface area contributed by atoms with Gasteiger partial charge >= 0.3 is 12.3 Å². The van der Waals surface area contributed by atoms with Gasteiger partial charge in [-0.3, -0.25) is 4.57 Å². The predicted octanol–water partition coefficient (Wildman–Crippen LogP) is 8.52. The lowest BCUT2D eigenvalue weighted by Gasteiger charge is -2.12. The maximum absolute atomic E-state index is 13.6. The second-order valence-corrected chi connectivity index (χ2v) is 9.43. The maximum Gasteiger partial charge on any atom is 0.511 e. The van der Waals surface area contributed by atoms with Crippen molar-refractivity contribution >= 4 is 28.4 Å². The standard InChI is InChI=1S/C30H22F3N3O6/c1-15-11-19(12-16(2)26(15)37)36-24-14-18(30(31,32)33)9-10-22(24)25(28(36)39)35-34-23-8-4-7-21(27(23)38)17-5-3-6-20(13-17)42-29(40)41/h3-14,37-39H,1-2H3,(H,40,41). The number of rotatable bonds is 5. The fraction of sp³-hybridized carbons (Fsp3) is 0.100. The Hall–Kier alpha value is -5.52. The van der Waals surface area contributed by atoms with E-state index in [4.69, 9.17) is 5.11 Å². The molecule has 0 aliphatic rings. The number of aryl methyl sites for hydroxylation is 2. The van der Waals surface area contributed by atoms with Crippen LogP contribution in [-0.4, -0.2) is 31.1 Å². The van der Waals surface area contributed by atoms with Gasteiger partial charge in [0.1, 0.15) is 17.2 Å². The van der Waals surface area contributed by atoms with Crippen LogP contribution in [0.5, 0.6) is 23.1 Å². The zero-order chi connectivity index (χ0) is 30.3. The van der Waals surface area contributed by atoms with Gasteiger partial charge in [0.25, 0.3) is 0 Å². The highest BCUT2D eigenvalue weighted by atomic mass is 19.4. The molecule has 0 radical (unpaired) electrons. The van der Waals surface area contributed by atoms with Crippen molar-refractivity contribution in [2.24, 2.45) is 10.2 Å². The second-order valence-electron chi connectivity index (χ2n) is 9.43. The number of aromatic nitrogens is 1. The van der Waals surface area contributed by atoms with Crippen LogP contribution >= 0.6 is 0 Å². The van der Waals surface area contributed by atoms with Crippen LogP contribution in [0.1, 0.15) is 16.7 Å². The second kappa shape index (κ2) is 10.5. The van der Waals surface area contributed by atoms with Gasteiger partial charge in [-0.25, -0.2) is 4.79 Å². The van der Waals surface area contributed by atoms with E-state index in [9.17, 15) is 33.3 Å². The number of ether oxygens (including phenoxy) is 1. The first-order valence-corrected chi connectivity index (χ1v) is 12.3. The van der Waals surface area contributed by atoms with Crippen LogP contribution in [0, 0.1) is 13.8 Å². The Morgan fingerprint density at radius 2 is 1.55 bits per heavy atom. The van der Waals surface area contributed by atoms with Gasteiger partial charge in [0.15, 0.2) is 11.4 Å². The van der Waals surface area contributed by atoms with Crippen molar-refractivity contribution in [1.82, 2.24) is 4.57 Å². The smallest absolute Gasteiger partial charge is 0.507 e. The van der Waals surface area contributed by atoms with E-state index in [1.165, 1.54) is 47.0 Å². The number of hydrogen-bond donors (Lipinski definition) is 4. The third kappa shape index (κ3) is 5.17. The van der Waals surface area contributed by atoms with Crippen molar-refractivity contribution in [1.29, 1.82) is 0 Å². The van der Waals surface area contributed by atoms with E-state index in [0.29, 0.717) is 22.4 Å². The molecule has 0 saturated carbocycles. The molecule has 4 aromatic carbocycles. The van der Waals surface area contributed by atoms with Gasteiger partial charge in [0, 0.05) is 16.6 Å². The highest BCUT2D eigenvalue weighted by Gasteiger charge is 2.32. The van der Waals surface area contributed by atoms with Crippen molar-refractivity contribution in [3.05, 3.63) is 89.5 Å². The van der Waals surface area contributed by atoms with Crippen LogP contribution < -0.4 is 4.74 Å². The minimum atomic E-state index is -4.65. The zero-order valence-corrected chi connectivity index (χ0v) is 22.0. The molecule has 0 amide bonds. The van der Waals surface area contributed by atoms with Gasteiger partial charge in [-0.1, -0.05) is 24.3 Å². The molecule has 5 rings (SSSR count). The number of carboxylic acid groups (broad SMARTS) is 1. The molecule has 0 aliphatic heterocycles. The van der Waals surface area contributed by atoms with Crippen LogP contribution in [0.4, 0.5) is 29.3 Å². The Morgan fingerprint density at radius 1 is 0.857 bits per heavy atom. The molecule has 0 bridgehead atoms. The van der Waals surface area contributed by atoms with Crippen molar-refractivity contribution in [2.45, 2.75) is 20.0 Å². The van der Waals surface area contributed by atoms with Gasteiger partial charge in [-0.15, -0.1) is 10.2 Å². The first kappa shape index (κ1) is 28.0. The summed E-state index contributed by atoms with van der Waals surface area (Å²) >= 11 is 0. The highest BCUT2D eigenvalue weighted by molar-refractivity contribution is 5.97. The molecule has 1 aromatic heterocycles. The summed E-state index contributed by atoms with van der Waals surface area (Å²) in [6.45, 7) is 3.24. The van der Waals surface area contributed by atoms with Crippen molar-refractivity contribution in [3.8, 4) is 39.9 Å². The number of phenolic OH excluding ortho intramolecular Hbond substituents is 2. The molecule has 5 aromatic rings. The molecule has 214 valence electrons. The Morgan fingerprint density at radius 3 is 2.21 bits per heavy atom. The molecular formula is C30H22F3N3O6. The van der Waals surface area contributed by atoms with Gasteiger partial charge in [0.05, 0.1) is 11.1 Å². The van der Waals surface area contributed by atoms with Crippen LogP contribution in [-0.2, 0) is 6.18 Å². The SMILES string of the molecule is Cc1cc(-n2c(O)c(N=Nc3cccc(-c4cccc(OC(=O)O)c4)c3O)c3ccc(C(F)(F)F)cc32)cc(C)c1O. The number of carbonyl (C=O) groups is 1. The third-order valence-corrected chi connectivity index (χ3v) is 6.60. The Balaban J connectivity index is 1.65. The van der Waals surface area contributed by atoms with E-state index in [2.05, 4.69) is 15.0 Å². The average molecular weight is 578 g/mol. The molecule has 1 heterocycles. The summed E-state index contributed by atoms with van der Waals surface area (Å²) in [6.07, 6.45) is -6.15. The number of alkyl halides is 3. The van der Waals surface area contributed by atoms with Gasteiger partial charge in [-0.05, 0) is 79.1 Å². The van der Waals surface area contributed by atoms with Gasteiger partial charge in [0.2, 0.25) is 5.88 Å². The highest BCUT2D eigenvalue weighted by Crippen LogP contribution is 2.45. The Bertz CT molecular complexity index is 1870. The topological polar surface area (TPSA) is 137 Å². The summed E-state index contributed by atoms with van der Waals surface area (Å²) in [4.78, 5) is 10.9. The summed E-state index contributed by atoms with van der Waals surface area (Å²) < 4.78 is 46.7. The minimum Gasteiger partial charge on any atom is -0.507 e. The number of hydrogen-bond acceptors (Lipinski definition) is 7. The fourth-order valence-corrected chi connectivity index (χ4v) is 4.63. The van der Waals surface area contributed by atoms with E-state index in [-0.39, 0.29) is 45.1 Å². The molecule has 42 heavy (non-hydrogen) atoms. The lowest BCUT2D eigenvalue weighted by atomic mass is 10.0. The van der Waals surface area contributed by atoms with Crippen LogP contribution in [0.25, 0.3) is 27.7 Å². The summed E-state index contributed by atoms with van der Waals surface area (Å²) in [5, 5.41) is 49.6. The molecule has 4 N–H and O–H groups in total. The number of benzene rings is 4. The first-order valence-electron chi connectivity index (χ1n) is 12.3. The summed E-state index contributed by atoms with van der Waals surface area (Å²) in [7, 11) is 0. The molecule has 0 aliphatic carbocycles. The van der Waals surface area contributed by atoms with Crippen LogP contribution in [0.2, 0.25) is 0 Å². The van der Waals surface area contributed by atoms with Gasteiger partial charge < -0.3 is 25.2 Å². The van der Waals surface area contributed by atoms with E-state index < -0.39 is 23.8 Å². The minimum absolute atomic E-state index is 0.00557. The zero-order valence-electron chi connectivity index (χ0n) is 22.0. The molecular weight excluding hydrogens is 555 g/mol. The molecule has 12 heteroatoms. The van der Waals surface area contributed by atoms with Crippen molar-refractivity contribution in [2.75, 3.05) is 0 Å². The summed E-state index contributed by atoms with van der Waals surface area (Å²) in [5.41, 5.74) is 0.753. The summed E-state index contributed by atoms with van der Waals surface area (Å²) in [6, 6.07) is 16.5. The van der Waals surface area contributed by atoms with E-state index in [0.717, 1.165) is 12.1 Å². The van der Waals surface area contributed by atoms with Crippen LogP contribution in [0.3, 0.4) is 0 Å². The number of halogens is 3. The lowest BCUT2D eigenvalue weighted by Crippen LogP contribution is -2.05. The largest absolute Gasteiger partial charge is 0.511 e. The van der Waals surface area contributed by atoms with E-state index in [1.807, 2.05) is 0 Å². The molecule has 0 spiro atoms. The molecule has 0 saturated heterocycles. The molecule has 9 nitrogen and oxygen atoms in total. The van der Waals surface area contributed by atoms with Crippen LogP contribution in [0.15, 0.2) is 83.0 Å². The van der Waals surface area contributed by atoms with Crippen molar-refractivity contribution in [3.63, 3.8) is 0 Å². The fourth-order valence-electron chi connectivity index (χ4n) is 4.63. The maximum atomic E-state index is 13.6. The molecule has 0 unspecified atom stereocenters. The number of fused-ring (bicyclic) bond motifs is 1. The van der Waals surface area contributed by atoms with Gasteiger partial charge in [-0.2, -0.15) is 13.2 Å². The number of aromatic hydroxyl groups is 3. The summed E-state index contributed by atoms with van der Waals surface area (Å²) in [5.74, 6) is -0.782. The van der Waals surface area contributed by atoms with Crippen molar-refractivity contribution < 1.29 is 43.1 Å². The third-order valence-electron chi connectivity index (χ3n) is 6.60. The normalized spacial score (nSPS) is 11.8. The Kier molecular flexibility index (Phi) is 6.98. The van der Waals surface area contributed by atoms with E-state index >= 15 is 0 Å². The number of para-hydroxylation sites is 1. The quantitative estimate of drug-likeness (QED) is 0.0939. The lowest BCUT2D eigenvalue weighted by molar-refractivity contribution is -0.137. The number of nitrogens with zero attached hydrogens (tertiary/aromatic N) is 3. The Labute approximate surface area is 236 Å². The average Bonchev–Trinajstić information content (AvgIpc) is 3.20. The molecule has 0 atom stereocenters. The van der Waals surface area contributed by atoms with E-state index in [1.54, 1.807) is 32.0 Å². The predicted molar refractivity (Wildman–Crippen MR) is 147 cm³/mol.